The summed E-state index contributed by atoms with van der Waals surface area (Å²) in [5.41, 5.74) is 1.57. The van der Waals surface area contributed by atoms with Crippen LogP contribution in [-0.4, -0.2) is 19.2 Å². The number of rotatable bonds is 8. The van der Waals surface area contributed by atoms with Crippen LogP contribution < -0.4 is 10.0 Å². The number of sulfonamides is 1. The summed E-state index contributed by atoms with van der Waals surface area (Å²) in [5, 5.41) is 13.4. The molecule has 158 valence electrons. The number of benzene rings is 3. The molecule has 2 N–H and O–H groups in total. The molecule has 8 nitrogen and oxygen atoms in total. The molecule has 0 atom stereocenters. The van der Waals surface area contributed by atoms with Crippen LogP contribution in [0.1, 0.15) is 11.1 Å². The average molecular weight is 437 g/mol. The Kier molecular flexibility index (Phi) is 6.78. The molecule has 0 aromatic heterocycles. The van der Waals surface area contributed by atoms with Crippen molar-refractivity contribution in [1.29, 1.82) is 0 Å². The zero-order valence-electron chi connectivity index (χ0n) is 16.3. The molecule has 0 aliphatic rings. The summed E-state index contributed by atoms with van der Waals surface area (Å²) in [4.78, 5) is 22.5. The monoisotopic (exact) mass is 437 g/mol. The standard InChI is InChI=1S/C22H19N3O5S/c26-22(15-12-17-10-13-19(14-11-17)25(27)28)23-16-18-6-4-5-9-21(18)24-31(29,30)20-7-2-1-3-8-20/h1-15,24H,16H2,(H,23,26). The molecule has 3 rings (SSSR count). The van der Waals surface area contributed by atoms with Gasteiger partial charge in [0.05, 0.1) is 15.5 Å². The largest absolute Gasteiger partial charge is 0.348 e. The number of hydrogen-bond donors (Lipinski definition) is 2. The Morgan fingerprint density at radius 1 is 0.935 bits per heavy atom. The highest BCUT2D eigenvalue weighted by atomic mass is 32.2. The predicted octanol–water partition coefficient (Wildman–Crippen LogP) is 3.73. The molecule has 31 heavy (non-hydrogen) atoms. The van der Waals surface area contributed by atoms with Crippen LogP contribution in [0.25, 0.3) is 6.08 Å². The van der Waals surface area contributed by atoms with Crippen molar-refractivity contribution >= 4 is 33.4 Å². The van der Waals surface area contributed by atoms with Crippen molar-refractivity contribution in [2.45, 2.75) is 11.4 Å². The maximum atomic E-state index is 12.6. The molecule has 3 aromatic carbocycles. The smallest absolute Gasteiger partial charge is 0.269 e. The lowest BCUT2D eigenvalue weighted by Gasteiger charge is -2.13. The number of nitrogens with zero attached hydrogens (tertiary/aromatic N) is 1. The van der Waals surface area contributed by atoms with E-state index in [1.807, 2.05) is 0 Å². The normalized spacial score (nSPS) is 11.2. The number of hydrogen-bond acceptors (Lipinski definition) is 5. The highest BCUT2D eigenvalue weighted by Gasteiger charge is 2.15. The summed E-state index contributed by atoms with van der Waals surface area (Å²) in [7, 11) is -3.75. The summed E-state index contributed by atoms with van der Waals surface area (Å²) in [5.74, 6) is -0.390. The minimum Gasteiger partial charge on any atom is -0.348 e. The first-order chi connectivity index (χ1) is 14.8. The van der Waals surface area contributed by atoms with E-state index in [2.05, 4.69) is 10.0 Å². The van der Waals surface area contributed by atoms with Gasteiger partial charge >= 0.3 is 0 Å². The SMILES string of the molecule is O=C(C=Cc1ccc([N+](=O)[O-])cc1)NCc1ccccc1NS(=O)(=O)c1ccccc1. The van der Waals surface area contributed by atoms with Crippen molar-refractivity contribution in [3.63, 3.8) is 0 Å². The summed E-state index contributed by atoms with van der Waals surface area (Å²) in [6, 6.07) is 20.5. The number of para-hydroxylation sites is 1. The summed E-state index contributed by atoms with van der Waals surface area (Å²) in [6.07, 6.45) is 2.83. The third-order valence-electron chi connectivity index (χ3n) is 4.30. The predicted molar refractivity (Wildman–Crippen MR) is 118 cm³/mol. The Morgan fingerprint density at radius 2 is 1.58 bits per heavy atom. The van der Waals surface area contributed by atoms with Crippen LogP contribution in [0.15, 0.2) is 89.8 Å². The van der Waals surface area contributed by atoms with Crippen molar-refractivity contribution in [2.75, 3.05) is 4.72 Å². The molecular formula is C22H19N3O5S. The summed E-state index contributed by atoms with van der Waals surface area (Å²) >= 11 is 0. The lowest BCUT2D eigenvalue weighted by Crippen LogP contribution is -2.22. The molecule has 3 aromatic rings. The third kappa shape index (κ3) is 6.00. The van der Waals surface area contributed by atoms with Gasteiger partial charge in [-0.1, -0.05) is 36.4 Å². The van der Waals surface area contributed by atoms with Crippen molar-refractivity contribution in [3.8, 4) is 0 Å². The van der Waals surface area contributed by atoms with Crippen LogP contribution in [-0.2, 0) is 21.4 Å². The molecule has 0 radical (unpaired) electrons. The fourth-order valence-corrected chi connectivity index (χ4v) is 3.82. The minimum atomic E-state index is -3.75. The second-order valence-corrected chi connectivity index (χ2v) is 8.16. The third-order valence-corrected chi connectivity index (χ3v) is 5.68. The molecular weight excluding hydrogens is 418 g/mol. The van der Waals surface area contributed by atoms with Gasteiger partial charge in [-0.05, 0) is 47.5 Å². The number of anilines is 1. The van der Waals surface area contributed by atoms with E-state index in [1.165, 1.54) is 48.6 Å². The van der Waals surface area contributed by atoms with Gasteiger partial charge in [0.2, 0.25) is 5.91 Å². The van der Waals surface area contributed by atoms with E-state index in [1.54, 1.807) is 42.5 Å². The maximum Gasteiger partial charge on any atom is 0.269 e. The number of nitro groups is 1. The second-order valence-electron chi connectivity index (χ2n) is 6.48. The van der Waals surface area contributed by atoms with E-state index < -0.39 is 14.9 Å². The minimum absolute atomic E-state index is 0.0313. The number of carbonyl (C=O) groups is 1. The zero-order valence-corrected chi connectivity index (χ0v) is 17.1. The second kappa shape index (κ2) is 9.68. The van der Waals surface area contributed by atoms with Crippen molar-refractivity contribution in [2.24, 2.45) is 0 Å². The molecule has 1 amide bonds. The van der Waals surface area contributed by atoms with Gasteiger partial charge in [-0.2, -0.15) is 0 Å². The molecule has 0 saturated carbocycles. The van der Waals surface area contributed by atoms with E-state index in [9.17, 15) is 23.3 Å². The lowest BCUT2D eigenvalue weighted by atomic mass is 10.2. The van der Waals surface area contributed by atoms with Gasteiger partial charge in [0.1, 0.15) is 0 Å². The molecule has 0 saturated heterocycles. The fraction of sp³-hybridized carbons (Fsp3) is 0.0455. The summed E-state index contributed by atoms with van der Waals surface area (Å²) < 4.78 is 27.7. The van der Waals surface area contributed by atoms with Gasteiger partial charge in [-0.15, -0.1) is 0 Å². The molecule has 0 aliphatic carbocycles. The van der Waals surface area contributed by atoms with Crippen LogP contribution in [0, 0.1) is 10.1 Å². The molecule has 0 unspecified atom stereocenters. The van der Waals surface area contributed by atoms with Gasteiger partial charge in [0, 0.05) is 24.8 Å². The van der Waals surface area contributed by atoms with Crippen LogP contribution >= 0.6 is 0 Å². The average Bonchev–Trinajstić information content (AvgIpc) is 2.77. The highest BCUT2D eigenvalue weighted by Crippen LogP contribution is 2.20. The molecule has 0 spiro atoms. The number of non-ortho nitro benzene ring substituents is 1. The lowest BCUT2D eigenvalue weighted by molar-refractivity contribution is -0.384. The number of carbonyl (C=O) groups excluding carboxylic acids is 1. The van der Waals surface area contributed by atoms with Gasteiger partial charge in [-0.25, -0.2) is 8.42 Å². The van der Waals surface area contributed by atoms with Gasteiger partial charge in [-0.3, -0.25) is 19.6 Å². The Morgan fingerprint density at radius 3 is 2.26 bits per heavy atom. The summed E-state index contributed by atoms with van der Waals surface area (Å²) in [6.45, 7) is 0.108. The van der Waals surface area contributed by atoms with E-state index in [0.29, 0.717) is 16.8 Å². The van der Waals surface area contributed by atoms with Crippen LogP contribution in [0.2, 0.25) is 0 Å². The molecule has 9 heteroatoms. The molecule has 0 fully saturated rings. The first-order valence-electron chi connectivity index (χ1n) is 9.21. The molecule has 0 heterocycles. The Labute approximate surface area is 179 Å². The van der Waals surface area contributed by atoms with Crippen LogP contribution in [0.3, 0.4) is 0 Å². The Hall–Kier alpha value is -3.98. The Bertz CT molecular complexity index is 1210. The number of nitrogens with one attached hydrogen (secondary N) is 2. The zero-order chi connectivity index (χ0) is 22.3. The quantitative estimate of drug-likeness (QED) is 0.316. The topological polar surface area (TPSA) is 118 Å². The Balaban J connectivity index is 1.64. The van der Waals surface area contributed by atoms with E-state index in [-0.39, 0.29) is 23.0 Å². The molecule has 0 aliphatic heterocycles. The van der Waals surface area contributed by atoms with Crippen molar-refractivity contribution < 1.29 is 18.1 Å². The van der Waals surface area contributed by atoms with Crippen molar-refractivity contribution in [1.82, 2.24) is 5.32 Å². The van der Waals surface area contributed by atoms with Crippen molar-refractivity contribution in [3.05, 3.63) is 106 Å². The van der Waals surface area contributed by atoms with E-state index in [0.717, 1.165) is 0 Å². The van der Waals surface area contributed by atoms with Crippen LogP contribution in [0.5, 0.6) is 0 Å². The van der Waals surface area contributed by atoms with Gasteiger partial charge in [0.15, 0.2) is 0 Å². The van der Waals surface area contributed by atoms with E-state index in [4.69, 9.17) is 0 Å². The van der Waals surface area contributed by atoms with Crippen LogP contribution in [0.4, 0.5) is 11.4 Å². The maximum absolute atomic E-state index is 12.6. The number of nitro benzene ring substituents is 1. The van der Waals surface area contributed by atoms with E-state index >= 15 is 0 Å². The highest BCUT2D eigenvalue weighted by molar-refractivity contribution is 7.92. The van der Waals surface area contributed by atoms with Gasteiger partial charge in [0.25, 0.3) is 15.7 Å². The first kappa shape index (κ1) is 21.7. The fourth-order valence-electron chi connectivity index (χ4n) is 2.70. The molecule has 0 bridgehead atoms. The first-order valence-corrected chi connectivity index (χ1v) is 10.7. The van der Waals surface area contributed by atoms with Gasteiger partial charge < -0.3 is 5.32 Å². The number of amides is 1.